The molecule has 0 bridgehead atoms. The van der Waals surface area contributed by atoms with Crippen LogP contribution in [0.4, 0.5) is 11.4 Å². The molecule has 2 aromatic carbocycles. The van der Waals surface area contributed by atoms with Gasteiger partial charge in [0.2, 0.25) is 15.9 Å². The molecule has 0 aliphatic carbocycles. The van der Waals surface area contributed by atoms with Gasteiger partial charge >= 0.3 is 6.01 Å². The highest BCUT2D eigenvalue weighted by atomic mass is 32.2. The topological polar surface area (TPSA) is 184 Å². The molecule has 182 valence electrons. The molecule has 0 unspecified atom stereocenters. The molecule has 5 aromatic rings. The highest BCUT2D eigenvalue weighted by Crippen LogP contribution is 2.36. The fourth-order valence-electron chi connectivity index (χ4n) is 3.66. The van der Waals surface area contributed by atoms with E-state index in [0.29, 0.717) is 45.0 Å². The molecule has 0 fully saturated rings. The first-order valence-electron chi connectivity index (χ1n) is 10.4. The molecule has 0 radical (unpaired) electrons. The maximum Gasteiger partial charge on any atom is 0.319 e. The van der Waals surface area contributed by atoms with Crippen LogP contribution < -0.4 is 19.9 Å². The second-order valence-corrected chi connectivity index (χ2v) is 9.04. The lowest BCUT2D eigenvalue weighted by atomic mass is 10.0. The van der Waals surface area contributed by atoms with Crippen LogP contribution in [-0.2, 0) is 10.0 Å². The van der Waals surface area contributed by atoms with E-state index in [1.807, 2.05) is 6.07 Å². The number of anilines is 2. The number of sulfonamides is 1. The van der Waals surface area contributed by atoms with E-state index >= 15 is 0 Å². The first-order valence-corrected chi connectivity index (χ1v) is 11.9. The number of nitrogens with two attached hydrogens (primary N) is 1. The van der Waals surface area contributed by atoms with Crippen molar-refractivity contribution in [3.8, 4) is 34.4 Å². The van der Waals surface area contributed by atoms with Gasteiger partial charge in [-0.15, -0.1) is 5.10 Å². The summed E-state index contributed by atoms with van der Waals surface area (Å²) in [4.78, 5) is 12.6. The lowest BCUT2D eigenvalue weighted by Crippen LogP contribution is -2.15. The van der Waals surface area contributed by atoms with Crippen molar-refractivity contribution in [3.05, 3.63) is 54.9 Å². The number of nitrogens with one attached hydrogen (secondary N) is 2. The van der Waals surface area contributed by atoms with Crippen molar-refractivity contribution in [2.24, 2.45) is 5.14 Å². The third-order valence-corrected chi connectivity index (χ3v) is 6.23. The van der Waals surface area contributed by atoms with Gasteiger partial charge in [0.1, 0.15) is 4.90 Å². The van der Waals surface area contributed by atoms with Crippen molar-refractivity contribution in [1.82, 2.24) is 35.6 Å². The molecule has 0 amide bonds. The number of aromatic amines is 1. The Kier molecular flexibility index (Phi) is 5.87. The van der Waals surface area contributed by atoms with E-state index in [0.717, 1.165) is 0 Å². The van der Waals surface area contributed by atoms with E-state index in [1.54, 1.807) is 42.6 Å². The van der Waals surface area contributed by atoms with Gasteiger partial charge < -0.3 is 14.8 Å². The quantitative estimate of drug-likeness (QED) is 0.295. The Labute approximate surface area is 204 Å². The van der Waals surface area contributed by atoms with Crippen LogP contribution in [0, 0.1) is 0 Å². The van der Waals surface area contributed by atoms with Gasteiger partial charge in [0.25, 0.3) is 0 Å². The maximum absolute atomic E-state index is 12.4. The van der Waals surface area contributed by atoms with Gasteiger partial charge in [-0.3, -0.25) is 4.98 Å². The Balaban J connectivity index is 1.63. The number of ether oxygens (including phenoxy) is 2. The molecule has 0 saturated carbocycles. The molecule has 14 heteroatoms. The zero-order valence-corrected chi connectivity index (χ0v) is 19.8. The highest BCUT2D eigenvalue weighted by molar-refractivity contribution is 7.89. The van der Waals surface area contributed by atoms with Gasteiger partial charge in [0.05, 0.1) is 31.0 Å². The van der Waals surface area contributed by atoms with Gasteiger partial charge in [0.15, 0.2) is 5.82 Å². The number of pyridine rings is 1. The van der Waals surface area contributed by atoms with Gasteiger partial charge in [-0.1, -0.05) is 24.3 Å². The molecule has 0 atom stereocenters. The summed E-state index contributed by atoms with van der Waals surface area (Å²) < 4.78 is 35.2. The van der Waals surface area contributed by atoms with Gasteiger partial charge in [-0.05, 0) is 34.2 Å². The van der Waals surface area contributed by atoms with E-state index in [4.69, 9.17) is 14.6 Å². The highest BCUT2D eigenvalue weighted by Gasteiger charge is 2.20. The number of aromatic nitrogens is 7. The first kappa shape index (κ1) is 23.1. The summed E-state index contributed by atoms with van der Waals surface area (Å²) >= 11 is 0. The summed E-state index contributed by atoms with van der Waals surface area (Å²) in [6, 6.07) is 12.6. The number of methoxy groups -OCH3 is 2. The van der Waals surface area contributed by atoms with Crippen molar-refractivity contribution in [3.63, 3.8) is 0 Å². The van der Waals surface area contributed by atoms with Crippen LogP contribution in [0.25, 0.3) is 33.4 Å². The fraction of sp³-hybridized carbons (Fsp3) is 0.0909. The predicted octanol–water partition coefficient (Wildman–Crippen LogP) is 2.28. The molecule has 0 spiro atoms. The zero-order valence-electron chi connectivity index (χ0n) is 19.0. The number of fused-ring (bicyclic) bond motifs is 1. The minimum atomic E-state index is -4.10. The molecule has 13 nitrogen and oxygen atoms in total. The average Bonchev–Trinajstić information content (AvgIpc) is 3.43. The molecule has 36 heavy (non-hydrogen) atoms. The Morgan fingerprint density at radius 1 is 1.00 bits per heavy atom. The fourth-order valence-corrected chi connectivity index (χ4v) is 4.31. The van der Waals surface area contributed by atoms with Crippen LogP contribution in [0.15, 0.2) is 59.8 Å². The molecule has 5 rings (SSSR count). The molecular weight excluding hydrogens is 486 g/mol. The summed E-state index contributed by atoms with van der Waals surface area (Å²) in [7, 11) is -1.14. The summed E-state index contributed by atoms with van der Waals surface area (Å²) in [6.07, 6.45) is 2.79. The van der Waals surface area contributed by atoms with E-state index in [1.165, 1.54) is 20.4 Å². The largest absolute Gasteiger partial charge is 0.480 e. The van der Waals surface area contributed by atoms with Gasteiger partial charge in [0, 0.05) is 29.0 Å². The van der Waals surface area contributed by atoms with Crippen LogP contribution in [0.1, 0.15) is 0 Å². The van der Waals surface area contributed by atoms with Gasteiger partial charge in [-0.25, -0.2) is 23.6 Å². The Morgan fingerprint density at radius 2 is 1.86 bits per heavy atom. The lowest BCUT2D eigenvalue weighted by molar-refractivity contribution is 0.353. The van der Waals surface area contributed by atoms with Gasteiger partial charge in [-0.2, -0.15) is 4.98 Å². The van der Waals surface area contributed by atoms with Crippen LogP contribution in [0.5, 0.6) is 11.9 Å². The zero-order chi connectivity index (χ0) is 25.3. The minimum absolute atomic E-state index is 0.153. The van der Waals surface area contributed by atoms with Crippen LogP contribution in [0.3, 0.4) is 0 Å². The Morgan fingerprint density at radius 3 is 2.58 bits per heavy atom. The summed E-state index contributed by atoms with van der Waals surface area (Å²) in [5, 5.41) is 23.0. The van der Waals surface area contributed by atoms with Crippen molar-refractivity contribution in [2.45, 2.75) is 4.90 Å². The molecule has 3 aromatic heterocycles. The number of benzene rings is 2. The van der Waals surface area contributed by atoms with Crippen molar-refractivity contribution in [1.29, 1.82) is 0 Å². The number of hydrogen-bond donors (Lipinski definition) is 3. The maximum atomic E-state index is 12.4. The monoisotopic (exact) mass is 505 g/mol. The molecule has 0 aliphatic heterocycles. The number of tetrazole rings is 1. The normalized spacial score (nSPS) is 11.4. The first-order chi connectivity index (χ1) is 17.4. The van der Waals surface area contributed by atoms with Crippen LogP contribution in [0.2, 0.25) is 0 Å². The molecule has 3 heterocycles. The third kappa shape index (κ3) is 4.37. The number of nitrogens with zero attached hydrogens (tertiary/aromatic N) is 6. The molecular formula is C22H19N9O4S. The van der Waals surface area contributed by atoms with Crippen molar-refractivity contribution in [2.75, 3.05) is 19.5 Å². The summed E-state index contributed by atoms with van der Waals surface area (Å²) in [5.41, 5.74) is 3.41. The number of H-pyrrole nitrogens is 1. The lowest BCUT2D eigenvalue weighted by Gasteiger charge is -2.15. The van der Waals surface area contributed by atoms with E-state index in [9.17, 15) is 8.42 Å². The average molecular weight is 506 g/mol. The summed E-state index contributed by atoms with van der Waals surface area (Å²) in [6.45, 7) is 0. The van der Waals surface area contributed by atoms with E-state index in [2.05, 4.69) is 40.9 Å². The minimum Gasteiger partial charge on any atom is -0.480 e. The predicted molar refractivity (Wildman–Crippen MR) is 130 cm³/mol. The van der Waals surface area contributed by atoms with Crippen LogP contribution >= 0.6 is 0 Å². The second-order valence-electron chi connectivity index (χ2n) is 7.51. The Hall–Kier alpha value is -4.69. The molecule has 0 aliphatic rings. The van der Waals surface area contributed by atoms with Crippen molar-refractivity contribution < 1.29 is 17.9 Å². The summed E-state index contributed by atoms with van der Waals surface area (Å²) in [5.74, 6) is 0.782. The second kappa shape index (κ2) is 9.16. The Bertz CT molecular complexity index is 1680. The third-order valence-electron chi connectivity index (χ3n) is 5.31. The smallest absolute Gasteiger partial charge is 0.319 e. The van der Waals surface area contributed by atoms with E-state index in [-0.39, 0.29) is 16.6 Å². The molecule has 0 saturated heterocycles. The van der Waals surface area contributed by atoms with Crippen molar-refractivity contribution >= 4 is 32.3 Å². The number of hydrogen-bond acceptors (Lipinski definition) is 11. The van der Waals surface area contributed by atoms with Crippen LogP contribution in [-0.4, -0.2) is 58.2 Å². The van der Waals surface area contributed by atoms with E-state index < -0.39 is 10.0 Å². The standard InChI is InChI=1S/C22H19N9O4S/c1-34-21-16(10-25-22(27-21)35-2)12-6-7-15-17(9-12)24-11-18(36(23,32)33)19(15)26-14-5-3-4-13(8-14)20-28-30-31-29-20/h3-11H,1-2H3,(H,24,26)(H2,23,32,33)(H,28,29,30,31). The SMILES string of the molecule is COc1ncc(-c2ccc3c(Nc4cccc(-c5nnn[nH]5)c4)c(S(N)(=O)=O)cnc3c2)c(OC)n1. The molecule has 4 N–H and O–H groups in total. The number of primary sulfonamides is 1. The number of rotatable bonds is 7.